The Morgan fingerprint density at radius 3 is 2.57 bits per heavy atom. The minimum absolute atomic E-state index is 0.245. The first-order valence-corrected chi connectivity index (χ1v) is 4.14. The van der Waals surface area contributed by atoms with Crippen LogP contribution in [0, 0.1) is 6.92 Å². The van der Waals surface area contributed by atoms with Gasteiger partial charge in [0.2, 0.25) is 5.91 Å². The Morgan fingerprint density at radius 2 is 2.07 bits per heavy atom. The summed E-state index contributed by atoms with van der Waals surface area (Å²) in [7, 11) is 0. The van der Waals surface area contributed by atoms with E-state index in [1.165, 1.54) is 12.1 Å². The van der Waals surface area contributed by atoms with Gasteiger partial charge in [-0.3, -0.25) is 9.59 Å². The molecule has 1 aromatic carbocycles. The van der Waals surface area contributed by atoms with Crippen molar-refractivity contribution in [2.45, 2.75) is 6.92 Å². The quantitative estimate of drug-likeness (QED) is 0.578. The highest BCUT2D eigenvalue weighted by Crippen LogP contribution is 2.14. The molecule has 0 heterocycles. The van der Waals surface area contributed by atoms with Gasteiger partial charge in [-0.1, -0.05) is 18.7 Å². The van der Waals surface area contributed by atoms with Crippen molar-refractivity contribution in [3.05, 3.63) is 47.5 Å². The third kappa shape index (κ3) is 1.71. The maximum atomic E-state index is 11.4. The van der Waals surface area contributed by atoms with Gasteiger partial charge in [0.05, 0.1) is 5.56 Å². The molecule has 0 aliphatic heterocycles. The first-order chi connectivity index (χ1) is 6.57. The molecule has 0 radical (unpaired) electrons. The zero-order chi connectivity index (χ0) is 10.7. The van der Waals surface area contributed by atoms with Crippen molar-refractivity contribution in [1.82, 2.24) is 0 Å². The summed E-state index contributed by atoms with van der Waals surface area (Å²) >= 11 is 0. The number of carbonyl (C=O) groups is 2. The summed E-state index contributed by atoms with van der Waals surface area (Å²) in [4.78, 5) is 22.5. The number of allylic oxidation sites excluding steroid dienone is 1. The molecule has 0 fully saturated rings. The van der Waals surface area contributed by atoms with Gasteiger partial charge < -0.3 is 5.73 Å². The number of nitrogens with two attached hydrogens (primary N) is 1. The van der Waals surface area contributed by atoms with Crippen LogP contribution >= 0.6 is 0 Å². The second kappa shape index (κ2) is 3.87. The van der Waals surface area contributed by atoms with E-state index in [-0.39, 0.29) is 11.3 Å². The molecular weight excluding hydrogens is 178 g/mol. The number of hydrogen-bond donors (Lipinski definition) is 1. The molecule has 0 saturated heterocycles. The van der Waals surface area contributed by atoms with Crippen LogP contribution in [0.3, 0.4) is 0 Å². The van der Waals surface area contributed by atoms with Gasteiger partial charge in [0.15, 0.2) is 5.78 Å². The van der Waals surface area contributed by atoms with Crippen LogP contribution in [0.4, 0.5) is 0 Å². The average molecular weight is 189 g/mol. The number of benzene rings is 1. The Bertz CT molecular complexity index is 408. The van der Waals surface area contributed by atoms with Gasteiger partial charge in [-0.15, -0.1) is 0 Å². The summed E-state index contributed by atoms with van der Waals surface area (Å²) in [6.07, 6.45) is 1.18. The van der Waals surface area contributed by atoms with E-state index in [2.05, 4.69) is 6.58 Å². The number of ketones is 1. The average Bonchev–Trinajstić information content (AvgIpc) is 2.16. The number of carbonyl (C=O) groups excluding carboxylic acids is 2. The smallest absolute Gasteiger partial charge is 0.249 e. The zero-order valence-corrected chi connectivity index (χ0v) is 7.91. The molecule has 0 unspecified atom stereocenters. The predicted molar refractivity (Wildman–Crippen MR) is 54.2 cm³/mol. The Morgan fingerprint density at radius 1 is 1.43 bits per heavy atom. The van der Waals surface area contributed by atoms with Crippen molar-refractivity contribution in [1.29, 1.82) is 0 Å². The fourth-order valence-electron chi connectivity index (χ4n) is 1.30. The second-order valence-electron chi connectivity index (χ2n) is 2.93. The Kier molecular flexibility index (Phi) is 2.82. The van der Waals surface area contributed by atoms with E-state index in [1.54, 1.807) is 19.1 Å². The molecule has 1 aromatic rings. The third-order valence-electron chi connectivity index (χ3n) is 1.97. The summed E-state index contributed by atoms with van der Waals surface area (Å²) < 4.78 is 0. The lowest BCUT2D eigenvalue weighted by Gasteiger charge is -2.06. The highest BCUT2D eigenvalue weighted by Gasteiger charge is 2.14. The standard InChI is InChI=1S/C11H11NO2/c1-3-9(13)10-7(2)5-4-6-8(10)11(12)14/h3-6H,1H2,2H3,(H2,12,14). The fraction of sp³-hybridized carbons (Fsp3) is 0.0909. The van der Waals surface area contributed by atoms with E-state index in [9.17, 15) is 9.59 Å². The van der Waals surface area contributed by atoms with E-state index in [0.29, 0.717) is 5.56 Å². The van der Waals surface area contributed by atoms with Gasteiger partial charge in [0.1, 0.15) is 0 Å². The minimum Gasteiger partial charge on any atom is -0.366 e. The van der Waals surface area contributed by atoms with E-state index in [1.807, 2.05) is 0 Å². The van der Waals surface area contributed by atoms with Crippen molar-refractivity contribution in [3.63, 3.8) is 0 Å². The molecule has 0 atom stereocenters. The minimum atomic E-state index is -0.598. The molecule has 0 aliphatic rings. The number of hydrogen-bond acceptors (Lipinski definition) is 2. The Labute approximate surface area is 82.2 Å². The molecule has 0 bridgehead atoms. The molecule has 3 heteroatoms. The first-order valence-electron chi connectivity index (χ1n) is 4.14. The van der Waals surface area contributed by atoms with Gasteiger partial charge in [-0.25, -0.2) is 0 Å². The molecule has 0 spiro atoms. The summed E-state index contributed by atoms with van der Waals surface area (Å²) in [5.74, 6) is -0.879. The molecule has 1 rings (SSSR count). The Balaban J connectivity index is 3.44. The lowest BCUT2D eigenvalue weighted by atomic mass is 9.98. The molecular formula is C11H11NO2. The van der Waals surface area contributed by atoms with Crippen molar-refractivity contribution >= 4 is 11.7 Å². The number of amides is 1. The molecule has 1 amide bonds. The SMILES string of the molecule is C=CC(=O)c1c(C)cccc1C(N)=O. The first kappa shape index (κ1) is 10.2. The molecule has 0 saturated carbocycles. The lowest BCUT2D eigenvalue weighted by molar-refractivity contribution is 0.0983. The summed E-state index contributed by atoms with van der Waals surface area (Å²) in [6, 6.07) is 4.98. The maximum absolute atomic E-state index is 11.4. The van der Waals surface area contributed by atoms with Crippen molar-refractivity contribution in [2.24, 2.45) is 5.73 Å². The predicted octanol–water partition coefficient (Wildman–Crippen LogP) is 1.46. The number of aryl methyl sites for hydroxylation is 1. The topological polar surface area (TPSA) is 60.2 Å². The van der Waals surface area contributed by atoms with Crippen LogP contribution in [0.5, 0.6) is 0 Å². The van der Waals surface area contributed by atoms with Gasteiger partial charge in [0.25, 0.3) is 0 Å². The Hall–Kier alpha value is -1.90. The van der Waals surface area contributed by atoms with E-state index in [0.717, 1.165) is 5.56 Å². The maximum Gasteiger partial charge on any atom is 0.249 e. The monoisotopic (exact) mass is 189 g/mol. The summed E-state index contributed by atoms with van der Waals surface area (Å²) in [5.41, 5.74) is 6.47. The van der Waals surface area contributed by atoms with Crippen LogP contribution in [-0.2, 0) is 0 Å². The van der Waals surface area contributed by atoms with Crippen LogP contribution in [0.2, 0.25) is 0 Å². The van der Waals surface area contributed by atoms with Crippen molar-refractivity contribution < 1.29 is 9.59 Å². The van der Waals surface area contributed by atoms with E-state index >= 15 is 0 Å². The van der Waals surface area contributed by atoms with E-state index < -0.39 is 5.91 Å². The summed E-state index contributed by atoms with van der Waals surface area (Å²) in [6.45, 7) is 5.13. The van der Waals surface area contributed by atoms with Crippen LogP contribution in [0.25, 0.3) is 0 Å². The van der Waals surface area contributed by atoms with Crippen LogP contribution in [-0.4, -0.2) is 11.7 Å². The van der Waals surface area contributed by atoms with Gasteiger partial charge in [0, 0.05) is 5.56 Å². The second-order valence-corrected chi connectivity index (χ2v) is 2.93. The van der Waals surface area contributed by atoms with Crippen LogP contribution < -0.4 is 5.73 Å². The highest BCUT2D eigenvalue weighted by molar-refractivity contribution is 6.12. The summed E-state index contributed by atoms with van der Waals surface area (Å²) in [5, 5.41) is 0. The van der Waals surface area contributed by atoms with Gasteiger partial charge >= 0.3 is 0 Å². The molecule has 0 aromatic heterocycles. The van der Waals surface area contributed by atoms with Gasteiger partial charge in [-0.2, -0.15) is 0 Å². The van der Waals surface area contributed by atoms with E-state index in [4.69, 9.17) is 5.73 Å². The highest BCUT2D eigenvalue weighted by atomic mass is 16.1. The molecule has 14 heavy (non-hydrogen) atoms. The molecule has 3 nitrogen and oxygen atoms in total. The largest absolute Gasteiger partial charge is 0.366 e. The fourth-order valence-corrected chi connectivity index (χ4v) is 1.30. The zero-order valence-electron chi connectivity index (χ0n) is 7.91. The lowest BCUT2D eigenvalue weighted by Crippen LogP contribution is -2.16. The van der Waals surface area contributed by atoms with Gasteiger partial charge in [-0.05, 0) is 24.6 Å². The van der Waals surface area contributed by atoms with Crippen molar-refractivity contribution in [2.75, 3.05) is 0 Å². The molecule has 0 aliphatic carbocycles. The molecule has 2 N–H and O–H groups in total. The van der Waals surface area contributed by atoms with Crippen LogP contribution in [0.1, 0.15) is 26.3 Å². The third-order valence-corrected chi connectivity index (χ3v) is 1.97. The van der Waals surface area contributed by atoms with Crippen molar-refractivity contribution in [3.8, 4) is 0 Å². The normalized spacial score (nSPS) is 9.50. The molecule has 72 valence electrons. The number of primary amides is 1. The van der Waals surface area contributed by atoms with Crippen LogP contribution in [0.15, 0.2) is 30.9 Å². The number of rotatable bonds is 3.